The van der Waals surface area contributed by atoms with E-state index in [4.69, 9.17) is 15.0 Å². The summed E-state index contributed by atoms with van der Waals surface area (Å²) in [4.78, 5) is 15.6. The lowest BCUT2D eigenvalue weighted by molar-refractivity contribution is 1.18. The SMILES string of the molecule is c1ccc(-c2ccc(-c3cc(-c4ccc(-c5ccccc5)cc4)nc(-c4ccc(-c5ccc(-c6nc7ccccc7c7c6ccc6c8ccccc8sc67)cc5)cc4)n3)cc2)cc1. The lowest BCUT2D eigenvalue weighted by Crippen LogP contribution is -1.96. The molecule has 4 heteroatoms. The van der Waals surface area contributed by atoms with E-state index in [2.05, 4.69) is 212 Å². The molecule has 12 aromatic rings. The average molecular weight is 820 g/mol. The van der Waals surface area contributed by atoms with Crippen molar-refractivity contribution in [3.05, 3.63) is 224 Å². The zero-order valence-corrected chi connectivity index (χ0v) is 34.9. The summed E-state index contributed by atoms with van der Waals surface area (Å²) >= 11 is 1.87. The number of nitrogens with zero attached hydrogens (tertiary/aromatic N) is 3. The Kier molecular flexibility index (Phi) is 9.02. The molecule has 3 heterocycles. The minimum atomic E-state index is 0.686. The largest absolute Gasteiger partial charge is 0.247 e. The number of rotatable bonds is 7. The number of hydrogen-bond donors (Lipinski definition) is 0. The minimum Gasteiger partial charge on any atom is -0.247 e. The molecule has 63 heavy (non-hydrogen) atoms. The van der Waals surface area contributed by atoms with Gasteiger partial charge in [0.15, 0.2) is 5.82 Å². The second-order valence-electron chi connectivity index (χ2n) is 15.9. The standard InChI is InChI=1S/C59H37N3S/c1-3-11-38(12-4-1)40-19-27-44(28-20-40)53-37-54(45-29-21-41(22-30-45)39-13-5-2-6-14-39)62-59(61-53)47-33-25-43(26-34-47)42-23-31-46(32-24-42)57-51-36-35-49-48-15-8-10-18-55(48)63-58(49)56(51)50-16-7-9-17-52(50)60-57/h1-37H. The molecule has 0 saturated heterocycles. The van der Waals surface area contributed by atoms with E-state index in [-0.39, 0.29) is 0 Å². The van der Waals surface area contributed by atoms with Crippen molar-refractivity contribution >= 4 is 53.2 Å². The first kappa shape index (κ1) is 36.8. The molecule has 0 radical (unpaired) electrons. The molecular formula is C59H37N3S. The molecule has 0 bridgehead atoms. The summed E-state index contributed by atoms with van der Waals surface area (Å²) in [6.07, 6.45) is 0. The smallest absolute Gasteiger partial charge is 0.160 e. The van der Waals surface area contributed by atoms with Gasteiger partial charge in [-0.3, -0.25) is 0 Å². The fourth-order valence-electron chi connectivity index (χ4n) is 8.87. The molecule has 0 aliphatic heterocycles. The van der Waals surface area contributed by atoms with Gasteiger partial charge in [0.25, 0.3) is 0 Å². The molecule has 0 spiro atoms. The first-order valence-corrected chi connectivity index (χ1v) is 22.1. The monoisotopic (exact) mass is 819 g/mol. The van der Waals surface area contributed by atoms with Crippen LogP contribution >= 0.6 is 11.3 Å². The number of pyridine rings is 1. The molecule has 0 aliphatic carbocycles. The van der Waals surface area contributed by atoms with E-state index in [0.29, 0.717) is 5.82 Å². The van der Waals surface area contributed by atoms with E-state index in [1.807, 2.05) is 23.5 Å². The van der Waals surface area contributed by atoms with Crippen LogP contribution in [0.25, 0.3) is 120 Å². The van der Waals surface area contributed by atoms with Crippen LogP contribution in [0.3, 0.4) is 0 Å². The molecule has 0 aliphatic rings. The fraction of sp³-hybridized carbons (Fsp3) is 0. The van der Waals surface area contributed by atoms with Crippen LogP contribution in [0.1, 0.15) is 0 Å². The molecule has 294 valence electrons. The third-order valence-electron chi connectivity index (χ3n) is 12.1. The second kappa shape index (κ2) is 15.4. The summed E-state index contributed by atoms with van der Waals surface area (Å²) in [6, 6.07) is 79.6. The zero-order valence-electron chi connectivity index (χ0n) is 34.1. The van der Waals surface area contributed by atoms with Crippen molar-refractivity contribution in [1.82, 2.24) is 15.0 Å². The van der Waals surface area contributed by atoms with Gasteiger partial charge in [0.05, 0.1) is 22.6 Å². The van der Waals surface area contributed by atoms with E-state index in [1.165, 1.54) is 58.6 Å². The van der Waals surface area contributed by atoms with Crippen LogP contribution in [0.4, 0.5) is 0 Å². The summed E-state index contributed by atoms with van der Waals surface area (Å²) in [5.41, 5.74) is 14.9. The molecule has 12 rings (SSSR count). The zero-order chi connectivity index (χ0) is 41.7. The highest BCUT2D eigenvalue weighted by Gasteiger charge is 2.17. The maximum atomic E-state index is 5.27. The van der Waals surface area contributed by atoms with Crippen molar-refractivity contribution in [2.45, 2.75) is 0 Å². The summed E-state index contributed by atoms with van der Waals surface area (Å²) in [7, 11) is 0. The first-order valence-electron chi connectivity index (χ1n) is 21.2. The minimum absolute atomic E-state index is 0.686. The summed E-state index contributed by atoms with van der Waals surface area (Å²) in [5, 5.41) is 6.24. The van der Waals surface area contributed by atoms with Crippen molar-refractivity contribution in [1.29, 1.82) is 0 Å². The average Bonchev–Trinajstić information content (AvgIpc) is 3.76. The molecule has 0 amide bonds. The van der Waals surface area contributed by atoms with Gasteiger partial charge in [-0.05, 0) is 51.6 Å². The number of benzene rings is 9. The molecule has 0 saturated carbocycles. The van der Waals surface area contributed by atoms with Crippen LogP contribution < -0.4 is 0 Å². The predicted molar refractivity (Wildman–Crippen MR) is 266 cm³/mol. The van der Waals surface area contributed by atoms with Gasteiger partial charge < -0.3 is 0 Å². The molecule has 3 nitrogen and oxygen atoms in total. The van der Waals surface area contributed by atoms with Crippen LogP contribution in [0, 0.1) is 0 Å². The number of fused-ring (bicyclic) bond motifs is 7. The quantitative estimate of drug-likeness (QED) is 0.150. The van der Waals surface area contributed by atoms with Crippen molar-refractivity contribution in [2.24, 2.45) is 0 Å². The Morgan fingerprint density at radius 2 is 0.714 bits per heavy atom. The number of hydrogen-bond acceptors (Lipinski definition) is 4. The van der Waals surface area contributed by atoms with Gasteiger partial charge in [0.1, 0.15) is 0 Å². The first-order chi connectivity index (χ1) is 31.2. The highest BCUT2D eigenvalue weighted by molar-refractivity contribution is 7.26. The molecule has 0 N–H and O–H groups in total. The van der Waals surface area contributed by atoms with Crippen LogP contribution in [-0.2, 0) is 0 Å². The van der Waals surface area contributed by atoms with Gasteiger partial charge in [-0.2, -0.15) is 0 Å². The lowest BCUT2D eigenvalue weighted by Gasteiger charge is -2.12. The second-order valence-corrected chi connectivity index (χ2v) is 17.0. The summed E-state index contributed by atoms with van der Waals surface area (Å²) < 4.78 is 2.62. The summed E-state index contributed by atoms with van der Waals surface area (Å²) in [5.74, 6) is 0.686. The highest BCUT2D eigenvalue weighted by Crippen LogP contribution is 2.43. The highest BCUT2D eigenvalue weighted by atomic mass is 32.1. The van der Waals surface area contributed by atoms with Crippen molar-refractivity contribution in [2.75, 3.05) is 0 Å². The number of para-hydroxylation sites is 1. The van der Waals surface area contributed by atoms with Crippen LogP contribution in [-0.4, -0.2) is 15.0 Å². The lowest BCUT2D eigenvalue weighted by atomic mass is 9.96. The molecule has 0 atom stereocenters. The third-order valence-corrected chi connectivity index (χ3v) is 13.3. The summed E-state index contributed by atoms with van der Waals surface area (Å²) in [6.45, 7) is 0. The fourth-order valence-corrected chi connectivity index (χ4v) is 10.1. The Hall–Kier alpha value is -8.05. The number of thiophene rings is 1. The maximum absolute atomic E-state index is 5.27. The van der Waals surface area contributed by atoms with Crippen LogP contribution in [0.5, 0.6) is 0 Å². The van der Waals surface area contributed by atoms with Crippen molar-refractivity contribution in [3.63, 3.8) is 0 Å². The third kappa shape index (κ3) is 6.74. The van der Waals surface area contributed by atoms with Crippen molar-refractivity contribution < 1.29 is 0 Å². The van der Waals surface area contributed by atoms with Crippen LogP contribution in [0.15, 0.2) is 224 Å². The Labute approximate surface area is 369 Å². The topological polar surface area (TPSA) is 38.7 Å². The predicted octanol–water partition coefficient (Wildman–Crippen LogP) is 16.2. The van der Waals surface area contributed by atoms with Gasteiger partial charge in [0, 0.05) is 58.6 Å². The Morgan fingerprint density at radius 1 is 0.286 bits per heavy atom. The van der Waals surface area contributed by atoms with E-state index in [0.717, 1.165) is 56.0 Å². The van der Waals surface area contributed by atoms with E-state index in [1.54, 1.807) is 0 Å². The normalized spacial score (nSPS) is 11.5. The Balaban J connectivity index is 0.892. The van der Waals surface area contributed by atoms with E-state index < -0.39 is 0 Å². The van der Waals surface area contributed by atoms with Crippen LogP contribution in [0.2, 0.25) is 0 Å². The molecule has 3 aromatic heterocycles. The molecule has 0 unspecified atom stereocenters. The van der Waals surface area contributed by atoms with E-state index >= 15 is 0 Å². The maximum Gasteiger partial charge on any atom is 0.160 e. The van der Waals surface area contributed by atoms with Gasteiger partial charge >= 0.3 is 0 Å². The Bertz CT molecular complexity index is 3520. The Morgan fingerprint density at radius 3 is 1.29 bits per heavy atom. The van der Waals surface area contributed by atoms with Gasteiger partial charge in [-0.1, -0.05) is 206 Å². The van der Waals surface area contributed by atoms with E-state index in [9.17, 15) is 0 Å². The molecule has 9 aromatic carbocycles. The number of aromatic nitrogens is 3. The molecule has 0 fully saturated rings. The van der Waals surface area contributed by atoms with Gasteiger partial charge in [0.2, 0.25) is 0 Å². The van der Waals surface area contributed by atoms with Gasteiger partial charge in [-0.25, -0.2) is 15.0 Å². The van der Waals surface area contributed by atoms with Crippen molar-refractivity contribution in [3.8, 4) is 78.5 Å². The molecular weight excluding hydrogens is 783 g/mol. The van der Waals surface area contributed by atoms with Gasteiger partial charge in [-0.15, -0.1) is 11.3 Å².